The van der Waals surface area contributed by atoms with Crippen LogP contribution in [0.15, 0.2) is 42.5 Å². The van der Waals surface area contributed by atoms with Gasteiger partial charge in [0.05, 0.1) is 5.56 Å². The van der Waals surface area contributed by atoms with Crippen molar-refractivity contribution in [3.63, 3.8) is 0 Å². The van der Waals surface area contributed by atoms with Crippen LogP contribution in [-0.4, -0.2) is 12.5 Å². The molecule has 3 rings (SSSR count). The zero-order chi connectivity index (χ0) is 15.7. The lowest BCUT2D eigenvalue weighted by molar-refractivity contribution is 0.0945. The molecule has 0 spiro atoms. The first-order valence-electron chi connectivity index (χ1n) is 6.99. The zero-order valence-electron chi connectivity index (χ0n) is 11.7. The van der Waals surface area contributed by atoms with Crippen LogP contribution in [0.3, 0.4) is 0 Å². The van der Waals surface area contributed by atoms with Crippen molar-refractivity contribution < 1.29 is 18.0 Å². The third-order valence-electron chi connectivity index (χ3n) is 4.07. The van der Waals surface area contributed by atoms with Crippen molar-refractivity contribution in [1.82, 2.24) is 5.32 Å². The first-order chi connectivity index (χ1) is 10.5. The first kappa shape index (κ1) is 14.6. The predicted molar refractivity (Wildman–Crippen MR) is 76.0 cm³/mol. The molecule has 0 unspecified atom stereocenters. The summed E-state index contributed by atoms with van der Waals surface area (Å²) < 4.78 is 39.4. The average molecular weight is 305 g/mol. The van der Waals surface area contributed by atoms with E-state index in [1.54, 1.807) is 12.1 Å². The highest BCUT2D eigenvalue weighted by Crippen LogP contribution is 2.47. The molecule has 1 fully saturated rings. The van der Waals surface area contributed by atoms with Crippen molar-refractivity contribution in [2.45, 2.75) is 18.3 Å². The van der Waals surface area contributed by atoms with E-state index in [1.165, 1.54) is 12.1 Å². The largest absolute Gasteiger partial charge is 0.351 e. The molecule has 0 atom stereocenters. The van der Waals surface area contributed by atoms with Crippen LogP contribution in [0.2, 0.25) is 0 Å². The van der Waals surface area contributed by atoms with Gasteiger partial charge >= 0.3 is 0 Å². The highest BCUT2D eigenvalue weighted by molar-refractivity contribution is 5.94. The molecule has 1 saturated carbocycles. The molecule has 1 amide bonds. The molecule has 0 aromatic heterocycles. The lowest BCUT2D eigenvalue weighted by atomic mass is 9.96. The minimum Gasteiger partial charge on any atom is -0.351 e. The van der Waals surface area contributed by atoms with Gasteiger partial charge in [-0.25, -0.2) is 13.2 Å². The molecule has 1 aliphatic rings. The summed E-state index contributed by atoms with van der Waals surface area (Å²) in [5.74, 6) is -2.49. The van der Waals surface area contributed by atoms with Crippen LogP contribution in [0, 0.1) is 17.5 Å². The highest BCUT2D eigenvalue weighted by Gasteiger charge is 2.44. The number of benzene rings is 2. The monoisotopic (exact) mass is 305 g/mol. The molecule has 1 aliphatic carbocycles. The smallest absolute Gasteiger partial charge is 0.254 e. The summed E-state index contributed by atoms with van der Waals surface area (Å²) in [5.41, 5.74) is 0.560. The van der Waals surface area contributed by atoms with E-state index in [0.29, 0.717) is 12.6 Å². The number of hydrogen-bond acceptors (Lipinski definition) is 1. The van der Waals surface area contributed by atoms with Gasteiger partial charge in [0.25, 0.3) is 5.91 Å². The van der Waals surface area contributed by atoms with Gasteiger partial charge in [-0.15, -0.1) is 0 Å². The Morgan fingerprint density at radius 3 is 2.23 bits per heavy atom. The minimum atomic E-state index is -0.885. The fourth-order valence-electron chi connectivity index (χ4n) is 2.54. The summed E-state index contributed by atoms with van der Waals surface area (Å²) in [4.78, 5) is 12.0. The molecule has 0 bridgehead atoms. The average Bonchev–Trinajstić information content (AvgIpc) is 3.27. The molecule has 2 aromatic rings. The van der Waals surface area contributed by atoms with Gasteiger partial charge in [-0.3, -0.25) is 4.79 Å². The normalized spacial score (nSPS) is 15.4. The Morgan fingerprint density at radius 2 is 1.64 bits per heavy atom. The Hall–Kier alpha value is -2.30. The number of hydrogen-bond donors (Lipinski definition) is 1. The van der Waals surface area contributed by atoms with E-state index in [-0.39, 0.29) is 16.8 Å². The van der Waals surface area contributed by atoms with E-state index in [9.17, 15) is 18.0 Å². The number of carbonyl (C=O) groups is 1. The number of amides is 1. The second-order valence-corrected chi connectivity index (χ2v) is 5.59. The SMILES string of the molecule is O=C(NCC1(c2ccc(F)cc2)CC1)c1ccc(F)cc1F. The molecule has 5 heteroatoms. The van der Waals surface area contributed by atoms with Crippen LogP contribution in [0.5, 0.6) is 0 Å². The van der Waals surface area contributed by atoms with Crippen LogP contribution < -0.4 is 5.32 Å². The fourth-order valence-corrected chi connectivity index (χ4v) is 2.54. The number of halogens is 3. The second kappa shape index (κ2) is 5.48. The highest BCUT2D eigenvalue weighted by atomic mass is 19.1. The van der Waals surface area contributed by atoms with Crippen LogP contribution in [0.25, 0.3) is 0 Å². The zero-order valence-corrected chi connectivity index (χ0v) is 11.7. The number of rotatable bonds is 4. The van der Waals surface area contributed by atoms with Crippen molar-refractivity contribution in [3.05, 3.63) is 71.0 Å². The standard InChI is InChI=1S/C17H14F3NO/c18-12-3-1-11(2-4-12)17(7-8-17)10-21-16(22)14-6-5-13(19)9-15(14)20/h1-6,9H,7-8,10H2,(H,21,22). The Morgan fingerprint density at radius 1 is 1.00 bits per heavy atom. The first-order valence-corrected chi connectivity index (χ1v) is 6.99. The van der Waals surface area contributed by atoms with Gasteiger partial charge in [-0.05, 0) is 42.7 Å². The molecule has 2 nitrogen and oxygen atoms in total. The van der Waals surface area contributed by atoms with Crippen molar-refractivity contribution in [2.75, 3.05) is 6.54 Å². The summed E-state index contributed by atoms with van der Waals surface area (Å²) in [7, 11) is 0. The molecule has 22 heavy (non-hydrogen) atoms. The lowest BCUT2D eigenvalue weighted by Gasteiger charge is -2.17. The molecule has 2 aromatic carbocycles. The predicted octanol–water partition coefficient (Wildman–Crippen LogP) is 3.57. The van der Waals surface area contributed by atoms with E-state index in [4.69, 9.17) is 0 Å². The molecule has 114 valence electrons. The van der Waals surface area contributed by atoms with Crippen molar-refractivity contribution in [2.24, 2.45) is 0 Å². The lowest BCUT2D eigenvalue weighted by Crippen LogP contribution is -2.32. The maximum Gasteiger partial charge on any atom is 0.254 e. The van der Waals surface area contributed by atoms with Crippen LogP contribution in [-0.2, 0) is 5.41 Å². The molecule has 0 heterocycles. The summed E-state index contributed by atoms with van der Waals surface area (Å²) >= 11 is 0. The number of nitrogens with one attached hydrogen (secondary N) is 1. The quantitative estimate of drug-likeness (QED) is 0.919. The van der Waals surface area contributed by atoms with Crippen molar-refractivity contribution >= 4 is 5.91 Å². The third-order valence-corrected chi connectivity index (χ3v) is 4.07. The van der Waals surface area contributed by atoms with Crippen molar-refractivity contribution in [3.8, 4) is 0 Å². The summed E-state index contributed by atoms with van der Waals surface area (Å²) in [5, 5.41) is 2.68. The second-order valence-electron chi connectivity index (χ2n) is 5.59. The van der Waals surface area contributed by atoms with E-state index >= 15 is 0 Å². The van der Waals surface area contributed by atoms with E-state index in [0.717, 1.165) is 30.5 Å². The molecule has 0 radical (unpaired) electrons. The van der Waals surface area contributed by atoms with Gasteiger partial charge in [-0.1, -0.05) is 12.1 Å². The van der Waals surface area contributed by atoms with E-state index in [2.05, 4.69) is 5.32 Å². The Bertz CT molecular complexity index is 708. The van der Waals surface area contributed by atoms with Gasteiger partial charge in [0, 0.05) is 18.0 Å². The Labute approximate surface area is 126 Å². The maximum atomic E-state index is 13.6. The van der Waals surface area contributed by atoms with Crippen molar-refractivity contribution in [1.29, 1.82) is 0 Å². The van der Waals surface area contributed by atoms with Gasteiger partial charge in [0.1, 0.15) is 17.5 Å². The third kappa shape index (κ3) is 2.84. The van der Waals surface area contributed by atoms with Crippen LogP contribution >= 0.6 is 0 Å². The maximum absolute atomic E-state index is 13.6. The van der Waals surface area contributed by atoms with E-state index < -0.39 is 17.5 Å². The van der Waals surface area contributed by atoms with Crippen LogP contribution in [0.1, 0.15) is 28.8 Å². The minimum absolute atomic E-state index is 0.184. The molecular weight excluding hydrogens is 291 g/mol. The van der Waals surface area contributed by atoms with Gasteiger partial charge < -0.3 is 5.32 Å². The number of carbonyl (C=O) groups excluding carboxylic acids is 1. The van der Waals surface area contributed by atoms with Gasteiger partial charge in [0.2, 0.25) is 0 Å². The van der Waals surface area contributed by atoms with E-state index in [1.807, 2.05) is 0 Å². The van der Waals surface area contributed by atoms with Crippen LogP contribution in [0.4, 0.5) is 13.2 Å². The summed E-state index contributed by atoms with van der Waals surface area (Å²) in [6.07, 6.45) is 1.76. The summed E-state index contributed by atoms with van der Waals surface area (Å²) in [6.45, 7) is 0.342. The van der Waals surface area contributed by atoms with Gasteiger partial charge in [-0.2, -0.15) is 0 Å². The molecular formula is C17H14F3NO. The molecule has 0 saturated heterocycles. The molecule has 0 aliphatic heterocycles. The molecule has 1 N–H and O–H groups in total. The Kier molecular flexibility index (Phi) is 3.64. The Balaban J connectivity index is 1.69. The van der Waals surface area contributed by atoms with Gasteiger partial charge in [0.15, 0.2) is 0 Å². The summed E-state index contributed by atoms with van der Waals surface area (Å²) in [6, 6.07) is 9.03. The topological polar surface area (TPSA) is 29.1 Å². The fraction of sp³-hybridized carbons (Fsp3) is 0.235.